The summed E-state index contributed by atoms with van der Waals surface area (Å²) in [4.78, 5) is 16.6. The first-order valence-electron chi connectivity index (χ1n) is 7.22. The molecule has 0 aromatic heterocycles. The molecule has 0 bridgehead atoms. The number of carbonyl (C=O) groups excluding carboxylic acids is 1. The molecule has 0 saturated carbocycles. The van der Waals surface area contributed by atoms with Crippen LogP contribution in [0.25, 0.3) is 0 Å². The third-order valence-electron chi connectivity index (χ3n) is 3.71. The number of nitrogens with one attached hydrogen (secondary N) is 1. The lowest BCUT2D eigenvalue weighted by Gasteiger charge is -2.27. The Morgan fingerprint density at radius 2 is 2.05 bits per heavy atom. The summed E-state index contributed by atoms with van der Waals surface area (Å²) in [6, 6.07) is -0.00351. The maximum atomic E-state index is 12.5. The summed E-state index contributed by atoms with van der Waals surface area (Å²) >= 11 is 0. The van der Waals surface area contributed by atoms with Crippen LogP contribution in [0.3, 0.4) is 0 Å². The van der Waals surface area contributed by atoms with Gasteiger partial charge in [0.25, 0.3) is 0 Å². The van der Waals surface area contributed by atoms with Gasteiger partial charge in [0.1, 0.15) is 0 Å². The normalized spacial score (nSPS) is 23.0. The molecule has 2 atom stereocenters. The summed E-state index contributed by atoms with van der Waals surface area (Å²) < 4.78 is 5.11. The maximum Gasteiger partial charge on any atom is 0.240 e. The smallest absolute Gasteiger partial charge is 0.240 e. The lowest BCUT2D eigenvalue weighted by molar-refractivity contribution is -0.134. The number of carbonyl (C=O) groups is 1. The largest absolute Gasteiger partial charge is 0.383 e. The second kappa shape index (κ2) is 8.51. The number of hydrogen-bond acceptors (Lipinski definition) is 4. The van der Waals surface area contributed by atoms with Crippen LogP contribution in [0.15, 0.2) is 0 Å². The van der Waals surface area contributed by atoms with Crippen molar-refractivity contribution in [1.29, 1.82) is 0 Å². The molecule has 19 heavy (non-hydrogen) atoms. The zero-order valence-electron chi connectivity index (χ0n) is 12.8. The highest BCUT2D eigenvalue weighted by molar-refractivity contribution is 5.82. The van der Waals surface area contributed by atoms with Crippen LogP contribution in [0.4, 0.5) is 0 Å². The van der Waals surface area contributed by atoms with Crippen molar-refractivity contribution in [3.63, 3.8) is 0 Å². The molecule has 5 nitrogen and oxygen atoms in total. The fraction of sp³-hybridized carbons (Fsp3) is 0.929. The Kier molecular flexibility index (Phi) is 7.34. The zero-order chi connectivity index (χ0) is 14.3. The van der Waals surface area contributed by atoms with E-state index < -0.39 is 0 Å². The van der Waals surface area contributed by atoms with Gasteiger partial charge in [0, 0.05) is 20.2 Å². The summed E-state index contributed by atoms with van der Waals surface area (Å²) in [5.41, 5.74) is 0. The van der Waals surface area contributed by atoms with Crippen molar-refractivity contribution in [2.45, 2.75) is 25.8 Å². The molecular formula is C14H29N3O2. The SMILES string of the molecule is COCCN(CCCN(C)C)C(=O)C1NCCC1C. The van der Waals surface area contributed by atoms with Crippen LogP contribution in [0, 0.1) is 5.92 Å². The minimum absolute atomic E-state index is 0.00351. The highest BCUT2D eigenvalue weighted by Gasteiger charge is 2.32. The van der Waals surface area contributed by atoms with Gasteiger partial charge in [-0.25, -0.2) is 0 Å². The highest BCUT2D eigenvalue weighted by atomic mass is 16.5. The molecule has 5 heteroatoms. The van der Waals surface area contributed by atoms with E-state index in [0.29, 0.717) is 19.1 Å². The molecule has 2 unspecified atom stereocenters. The Morgan fingerprint density at radius 1 is 1.32 bits per heavy atom. The molecule has 0 spiro atoms. The van der Waals surface area contributed by atoms with Gasteiger partial charge in [-0.15, -0.1) is 0 Å². The highest BCUT2D eigenvalue weighted by Crippen LogP contribution is 2.16. The summed E-state index contributed by atoms with van der Waals surface area (Å²) in [6.07, 6.45) is 2.09. The Bertz CT molecular complexity index is 271. The van der Waals surface area contributed by atoms with Gasteiger partial charge in [-0.05, 0) is 45.9 Å². The molecule has 1 fully saturated rings. The Labute approximate surface area is 117 Å². The van der Waals surface area contributed by atoms with Crippen molar-refractivity contribution in [1.82, 2.24) is 15.1 Å². The Balaban J connectivity index is 2.48. The summed E-state index contributed by atoms with van der Waals surface area (Å²) in [7, 11) is 5.79. The van der Waals surface area contributed by atoms with Crippen molar-refractivity contribution in [2.24, 2.45) is 5.92 Å². The number of amides is 1. The lowest BCUT2D eigenvalue weighted by atomic mass is 10.0. The third kappa shape index (κ3) is 5.47. The predicted molar refractivity (Wildman–Crippen MR) is 77.2 cm³/mol. The third-order valence-corrected chi connectivity index (χ3v) is 3.71. The molecule has 0 radical (unpaired) electrons. The van der Waals surface area contributed by atoms with E-state index in [1.54, 1.807) is 7.11 Å². The van der Waals surface area contributed by atoms with Gasteiger partial charge in [0.05, 0.1) is 12.6 Å². The number of methoxy groups -OCH3 is 1. The fourth-order valence-electron chi connectivity index (χ4n) is 2.47. The topological polar surface area (TPSA) is 44.8 Å². The molecule has 1 N–H and O–H groups in total. The van der Waals surface area contributed by atoms with Gasteiger partial charge in [-0.3, -0.25) is 4.79 Å². The molecule has 1 heterocycles. The number of rotatable bonds is 8. The average molecular weight is 271 g/mol. The molecule has 1 amide bonds. The molecule has 1 rings (SSSR count). The zero-order valence-corrected chi connectivity index (χ0v) is 12.8. The second-order valence-electron chi connectivity index (χ2n) is 5.67. The van der Waals surface area contributed by atoms with E-state index in [1.165, 1.54) is 0 Å². The van der Waals surface area contributed by atoms with Gasteiger partial charge in [0.2, 0.25) is 5.91 Å². The minimum Gasteiger partial charge on any atom is -0.383 e. The first-order chi connectivity index (χ1) is 9.06. The van der Waals surface area contributed by atoms with Crippen LogP contribution >= 0.6 is 0 Å². The summed E-state index contributed by atoms with van der Waals surface area (Å²) in [6.45, 7) is 6.21. The first kappa shape index (κ1) is 16.4. The van der Waals surface area contributed by atoms with Crippen LogP contribution < -0.4 is 5.32 Å². The molecule has 0 aliphatic carbocycles. The van der Waals surface area contributed by atoms with Gasteiger partial charge in [-0.1, -0.05) is 6.92 Å². The van der Waals surface area contributed by atoms with Crippen LogP contribution in [0.2, 0.25) is 0 Å². The molecule has 1 saturated heterocycles. The van der Waals surface area contributed by atoms with E-state index in [9.17, 15) is 4.79 Å². The second-order valence-corrected chi connectivity index (χ2v) is 5.67. The van der Waals surface area contributed by atoms with Crippen LogP contribution in [-0.4, -0.2) is 75.7 Å². The van der Waals surface area contributed by atoms with Gasteiger partial charge < -0.3 is 19.9 Å². The number of hydrogen-bond donors (Lipinski definition) is 1. The van der Waals surface area contributed by atoms with Crippen LogP contribution in [-0.2, 0) is 9.53 Å². The van der Waals surface area contributed by atoms with Gasteiger partial charge >= 0.3 is 0 Å². The fourth-order valence-corrected chi connectivity index (χ4v) is 2.47. The summed E-state index contributed by atoms with van der Waals surface area (Å²) in [5, 5.41) is 3.32. The van der Waals surface area contributed by atoms with E-state index in [4.69, 9.17) is 4.74 Å². The molecular weight excluding hydrogens is 242 g/mol. The standard InChI is InChI=1S/C14H29N3O2/c1-12-6-7-15-13(12)14(18)17(10-11-19-4)9-5-8-16(2)3/h12-13,15H,5-11H2,1-4H3. The van der Waals surface area contributed by atoms with Crippen molar-refractivity contribution >= 4 is 5.91 Å². The summed E-state index contributed by atoms with van der Waals surface area (Å²) in [5.74, 6) is 0.673. The Hall–Kier alpha value is -0.650. The molecule has 0 aromatic rings. The average Bonchev–Trinajstić information content (AvgIpc) is 2.78. The van der Waals surface area contributed by atoms with E-state index in [-0.39, 0.29) is 11.9 Å². The predicted octanol–water partition coefficient (Wildman–Crippen LogP) is 0.411. The molecule has 112 valence electrons. The van der Waals surface area contributed by atoms with Crippen molar-refractivity contribution < 1.29 is 9.53 Å². The van der Waals surface area contributed by atoms with Crippen molar-refractivity contribution in [3.05, 3.63) is 0 Å². The van der Waals surface area contributed by atoms with Crippen molar-refractivity contribution in [2.75, 3.05) is 54.0 Å². The monoisotopic (exact) mass is 271 g/mol. The quantitative estimate of drug-likeness (QED) is 0.694. The maximum absolute atomic E-state index is 12.5. The van der Waals surface area contributed by atoms with E-state index >= 15 is 0 Å². The van der Waals surface area contributed by atoms with Gasteiger partial charge in [0.15, 0.2) is 0 Å². The van der Waals surface area contributed by atoms with E-state index in [0.717, 1.165) is 32.5 Å². The number of nitrogens with zero attached hydrogens (tertiary/aromatic N) is 2. The van der Waals surface area contributed by atoms with Gasteiger partial charge in [-0.2, -0.15) is 0 Å². The molecule has 1 aliphatic heterocycles. The first-order valence-corrected chi connectivity index (χ1v) is 7.22. The van der Waals surface area contributed by atoms with Crippen LogP contribution in [0.1, 0.15) is 19.8 Å². The number of ether oxygens (including phenoxy) is 1. The lowest BCUT2D eigenvalue weighted by Crippen LogP contribution is -2.47. The molecule has 0 aromatic carbocycles. The minimum atomic E-state index is -0.00351. The van der Waals surface area contributed by atoms with Crippen molar-refractivity contribution in [3.8, 4) is 0 Å². The van der Waals surface area contributed by atoms with E-state index in [2.05, 4.69) is 31.2 Å². The van der Waals surface area contributed by atoms with Crippen LogP contribution in [0.5, 0.6) is 0 Å². The Morgan fingerprint density at radius 3 is 2.58 bits per heavy atom. The molecule has 1 aliphatic rings. The van der Waals surface area contributed by atoms with E-state index in [1.807, 2.05) is 4.90 Å².